The number of aromatic amines is 1. The monoisotopic (exact) mass is 474 g/mol. The number of aromatic nitrogens is 1. The molecule has 5 nitrogen and oxygen atoms in total. The molecule has 3 aromatic carbocycles. The summed E-state index contributed by atoms with van der Waals surface area (Å²) in [5, 5.41) is 12.5. The van der Waals surface area contributed by atoms with Gasteiger partial charge in [-0.1, -0.05) is 41.9 Å². The lowest BCUT2D eigenvalue weighted by atomic mass is 9.95. The summed E-state index contributed by atoms with van der Waals surface area (Å²) < 4.78 is 14.1. The Bertz CT molecular complexity index is 1440. The highest BCUT2D eigenvalue weighted by Crippen LogP contribution is 2.40. The van der Waals surface area contributed by atoms with Gasteiger partial charge in [0.1, 0.15) is 11.6 Å². The fourth-order valence-electron chi connectivity index (χ4n) is 4.48. The Morgan fingerprint density at radius 2 is 1.79 bits per heavy atom. The molecule has 2 N–H and O–H groups in total. The number of halogens is 2. The first-order valence-electron chi connectivity index (χ1n) is 10.8. The van der Waals surface area contributed by atoms with E-state index in [1.54, 1.807) is 30.3 Å². The zero-order valence-corrected chi connectivity index (χ0v) is 18.7. The third-order valence-corrected chi connectivity index (χ3v) is 6.37. The minimum Gasteiger partial charge on any atom is -0.507 e. The van der Waals surface area contributed by atoms with Gasteiger partial charge in [0.15, 0.2) is 0 Å². The fraction of sp³-hybridized carbons (Fsp3) is 0.111. The van der Waals surface area contributed by atoms with Crippen LogP contribution in [0.2, 0.25) is 5.02 Å². The molecule has 170 valence electrons. The van der Waals surface area contributed by atoms with Crippen LogP contribution < -0.4 is 0 Å². The number of nitrogens with one attached hydrogen (secondary N) is 1. The van der Waals surface area contributed by atoms with E-state index in [-0.39, 0.29) is 17.9 Å². The fourth-order valence-corrected chi connectivity index (χ4v) is 4.60. The molecule has 0 saturated carbocycles. The molecule has 4 aromatic rings. The van der Waals surface area contributed by atoms with Crippen LogP contribution in [0.5, 0.6) is 0 Å². The normalized spacial score (nSPS) is 17.6. The molecule has 1 aliphatic heterocycles. The van der Waals surface area contributed by atoms with Crippen LogP contribution in [-0.2, 0) is 16.0 Å². The van der Waals surface area contributed by atoms with E-state index in [1.165, 1.54) is 23.1 Å². The minimum absolute atomic E-state index is 0.0724. The number of carbonyl (C=O) groups excluding carboxylic acids is 2. The summed E-state index contributed by atoms with van der Waals surface area (Å²) in [5.74, 6) is -2.35. The molecule has 34 heavy (non-hydrogen) atoms. The van der Waals surface area contributed by atoms with Crippen LogP contribution in [0.4, 0.5) is 4.39 Å². The highest BCUT2D eigenvalue weighted by atomic mass is 35.5. The van der Waals surface area contributed by atoms with Crippen molar-refractivity contribution in [2.24, 2.45) is 0 Å². The second-order valence-corrected chi connectivity index (χ2v) is 8.60. The second-order valence-electron chi connectivity index (χ2n) is 8.16. The van der Waals surface area contributed by atoms with E-state index in [1.807, 2.05) is 30.5 Å². The number of aliphatic hydroxyl groups excluding tert-OH is 1. The highest BCUT2D eigenvalue weighted by Gasteiger charge is 2.46. The van der Waals surface area contributed by atoms with E-state index < -0.39 is 23.5 Å². The number of H-pyrrole nitrogens is 1. The van der Waals surface area contributed by atoms with Crippen LogP contribution in [0.25, 0.3) is 16.7 Å². The standard InChI is InChI=1S/C27H20ClFN2O3/c28-19-10-8-16(9-11-19)25(32)23-24(17-4-3-5-20(29)14-17)31(27(34)26(23)33)13-12-18-15-30-22-7-2-1-6-21(18)22/h1-11,14-15,24,30,32H,12-13H2. The summed E-state index contributed by atoms with van der Waals surface area (Å²) in [6.45, 7) is 0.213. The van der Waals surface area contributed by atoms with Crippen molar-refractivity contribution in [3.63, 3.8) is 0 Å². The van der Waals surface area contributed by atoms with Crippen molar-refractivity contribution in [2.75, 3.05) is 6.54 Å². The maximum absolute atomic E-state index is 14.1. The van der Waals surface area contributed by atoms with Crippen molar-refractivity contribution in [1.82, 2.24) is 9.88 Å². The number of benzene rings is 3. The topological polar surface area (TPSA) is 73.4 Å². The number of ketones is 1. The number of rotatable bonds is 5. The molecule has 1 saturated heterocycles. The average molecular weight is 475 g/mol. The Morgan fingerprint density at radius 1 is 1.03 bits per heavy atom. The molecule has 0 spiro atoms. The van der Waals surface area contributed by atoms with Crippen molar-refractivity contribution in [3.8, 4) is 0 Å². The molecular weight excluding hydrogens is 455 g/mol. The van der Waals surface area contributed by atoms with Gasteiger partial charge in [-0.15, -0.1) is 0 Å². The third-order valence-electron chi connectivity index (χ3n) is 6.12. The number of fused-ring (bicyclic) bond motifs is 1. The van der Waals surface area contributed by atoms with Gasteiger partial charge in [-0.25, -0.2) is 4.39 Å². The molecule has 7 heteroatoms. The van der Waals surface area contributed by atoms with Crippen molar-refractivity contribution >= 4 is 40.0 Å². The lowest BCUT2D eigenvalue weighted by molar-refractivity contribution is -0.139. The van der Waals surface area contributed by atoms with Gasteiger partial charge >= 0.3 is 0 Å². The number of hydrogen-bond acceptors (Lipinski definition) is 3. The van der Waals surface area contributed by atoms with Gasteiger partial charge in [0.2, 0.25) is 0 Å². The molecule has 1 atom stereocenters. The Hall–Kier alpha value is -3.90. The quantitative estimate of drug-likeness (QED) is 0.224. The first kappa shape index (κ1) is 21.9. The molecule has 1 aliphatic rings. The Morgan fingerprint density at radius 3 is 2.56 bits per heavy atom. The number of likely N-dealkylation sites (tertiary alicyclic amines) is 1. The van der Waals surface area contributed by atoms with E-state index in [0.717, 1.165) is 16.5 Å². The van der Waals surface area contributed by atoms with Crippen LogP contribution in [0, 0.1) is 5.82 Å². The minimum atomic E-state index is -0.920. The van der Waals surface area contributed by atoms with Gasteiger partial charge in [-0.2, -0.15) is 0 Å². The van der Waals surface area contributed by atoms with Gasteiger partial charge in [0, 0.05) is 34.2 Å². The summed E-state index contributed by atoms with van der Waals surface area (Å²) in [6.07, 6.45) is 2.36. The summed E-state index contributed by atoms with van der Waals surface area (Å²) in [7, 11) is 0. The first-order valence-corrected chi connectivity index (χ1v) is 11.2. The van der Waals surface area contributed by atoms with Crippen LogP contribution >= 0.6 is 11.6 Å². The molecule has 1 fully saturated rings. The van der Waals surface area contributed by atoms with Crippen LogP contribution in [0.15, 0.2) is 84.6 Å². The van der Waals surface area contributed by atoms with Crippen LogP contribution in [-0.4, -0.2) is 33.2 Å². The maximum atomic E-state index is 14.1. The van der Waals surface area contributed by atoms with E-state index in [2.05, 4.69) is 4.98 Å². The van der Waals surface area contributed by atoms with Crippen LogP contribution in [0.3, 0.4) is 0 Å². The van der Waals surface area contributed by atoms with Crippen molar-refractivity contribution in [3.05, 3.63) is 112 Å². The second kappa shape index (κ2) is 8.80. The molecule has 0 aliphatic carbocycles. The van der Waals surface area contributed by atoms with Crippen LogP contribution in [0.1, 0.15) is 22.7 Å². The van der Waals surface area contributed by atoms with E-state index >= 15 is 0 Å². The zero-order valence-electron chi connectivity index (χ0n) is 18.0. The summed E-state index contributed by atoms with van der Waals surface area (Å²) in [4.78, 5) is 30.8. The number of amides is 1. The van der Waals surface area contributed by atoms with Crippen molar-refractivity contribution in [1.29, 1.82) is 0 Å². The van der Waals surface area contributed by atoms with Gasteiger partial charge in [0.05, 0.1) is 11.6 Å². The lowest BCUT2D eigenvalue weighted by Crippen LogP contribution is -2.31. The summed E-state index contributed by atoms with van der Waals surface area (Å²) in [5.41, 5.74) is 2.66. The van der Waals surface area contributed by atoms with Gasteiger partial charge in [-0.3, -0.25) is 9.59 Å². The summed E-state index contributed by atoms with van der Waals surface area (Å²) in [6, 6.07) is 18.9. The van der Waals surface area contributed by atoms with E-state index in [4.69, 9.17) is 11.6 Å². The van der Waals surface area contributed by atoms with E-state index in [0.29, 0.717) is 22.6 Å². The lowest BCUT2D eigenvalue weighted by Gasteiger charge is -2.25. The first-order chi connectivity index (χ1) is 16.4. The predicted octanol–water partition coefficient (Wildman–Crippen LogP) is 5.62. The van der Waals surface area contributed by atoms with Crippen molar-refractivity contribution in [2.45, 2.75) is 12.5 Å². The van der Waals surface area contributed by atoms with Crippen molar-refractivity contribution < 1.29 is 19.1 Å². The number of hydrogen-bond donors (Lipinski definition) is 2. The number of nitrogens with zero attached hydrogens (tertiary/aromatic N) is 1. The molecular formula is C27H20ClFN2O3. The molecule has 1 unspecified atom stereocenters. The molecule has 1 amide bonds. The third kappa shape index (κ3) is 3.86. The smallest absolute Gasteiger partial charge is 0.295 e. The average Bonchev–Trinajstić information content (AvgIpc) is 3.36. The maximum Gasteiger partial charge on any atom is 0.295 e. The van der Waals surface area contributed by atoms with Gasteiger partial charge in [0.25, 0.3) is 11.7 Å². The molecule has 2 heterocycles. The molecule has 5 rings (SSSR count). The highest BCUT2D eigenvalue weighted by molar-refractivity contribution is 6.46. The SMILES string of the molecule is O=C1C(=O)N(CCc2c[nH]c3ccccc23)C(c2cccc(F)c2)C1=C(O)c1ccc(Cl)cc1. The number of para-hydroxylation sites is 1. The predicted molar refractivity (Wildman–Crippen MR) is 129 cm³/mol. The Balaban J connectivity index is 1.57. The number of Topliss-reactive ketones (excluding diaryl/α,β-unsaturated/α-hetero) is 1. The Kier molecular flexibility index (Phi) is 5.67. The molecule has 1 aromatic heterocycles. The molecule has 0 bridgehead atoms. The van der Waals surface area contributed by atoms with E-state index in [9.17, 15) is 19.1 Å². The Labute approximate surface area is 200 Å². The van der Waals surface area contributed by atoms with Gasteiger partial charge < -0.3 is 15.0 Å². The zero-order chi connectivity index (χ0) is 23.8. The number of carbonyl (C=O) groups is 2. The largest absolute Gasteiger partial charge is 0.507 e. The molecule has 0 radical (unpaired) electrons. The number of aliphatic hydroxyl groups is 1. The summed E-state index contributed by atoms with van der Waals surface area (Å²) >= 11 is 5.95. The van der Waals surface area contributed by atoms with Gasteiger partial charge in [-0.05, 0) is 60.0 Å².